The molecule has 0 aliphatic rings. The van der Waals surface area contributed by atoms with Gasteiger partial charge in [-0.1, -0.05) is 6.07 Å². The van der Waals surface area contributed by atoms with Crippen LogP contribution in [0.1, 0.15) is 17.3 Å². The molecule has 0 radical (unpaired) electrons. The molecule has 0 saturated carbocycles. The van der Waals surface area contributed by atoms with Gasteiger partial charge in [0.25, 0.3) is 0 Å². The number of benzene rings is 1. The maximum absolute atomic E-state index is 10.9. The van der Waals surface area contributed by atoms with Crippen LogP contribution in [0.3, 0.4) is 0 Å². The lowest BCUT2D eigenvalue weighted by molar-refractivity contribution is -0.131. The van der Waals surface area contributed by atoms with Gasteiger partial charge in [0.1, 0.15) is 11.8 Å². The average molecular weight is 215 g/mol. The third-order valence-electron chi connectivity index (χ3n) is 2.08. The van der Waals surface area contributed by atoms with Gasteiger partial charge in [-0.3, -0.25) is 14.6 Å². The average Bonchev–Trinajstić information content (AvgIpc) is 2.28. The maximum Gasteiger partial charge on any atom is 0.308 e. The number of esters is 1. The van der Waals surface area contributed by atoms with E-state index in [9.17, 15) is 9.59 Å². The normalized spacial score (nSPS) is 10.1. The Morgan fingerprint density at radius 2 is 2.25 bits per heavy atom. The molecule has 2 rings (SSSR count). The van der Waals surface area contributed by atoms with Crippen molar-refractivity contribution in [3.05, 3.63) is 36.0 Å². The SMILES string of the molecule is CC(=O)Oc1cc(C=O)cc2cccnc12. The van der Waals surface area contributed by atoms with Crippen molar-refractivity contribution < 1.29 is 14.3 Å². The van der Waals surface area contributed by atoms with E-state index in [0.29, 0.717) is 23.1 Å². The number of ether oxygens (including phenoxy) is 1. The van der Waals surface area contributed by atoms with E-state index in [1.54, 1.807) is 18.3 Å². The molecule has 0 unspecified atom stereocenters. The summed E-state index contributed by atoms with van der Waals surface area (Å²) in [6, 6.07) is 6.77. The van der Waals surface area contributed by atoms with Crippen molar-refractivity contribution in [3.63, 3.8) is 0 Å². The zero-order valence-corrected chi connectivity index (χ0v) is 8.64. The first-order valence-corrected chi connectivity index (χ1v) is 4.73. The third-order valence-corrected chi connectivity index (χ3v) is 2.08. The summed E-state index contributed by atoms with van der Waals surface area (Å²) in [5.74, 6) is -0.122. The first-order valence-electron chi connectivity index (χ1n) is 4.73. The number of carbonyl (C=O) groups is 2. The molecule has 0 fully saturated rings. The lowest BCUT2D eigenvalue weighted by Gasteiger charge is -2.05. The predicted molar refractivity (Wildman–Crippen MR) is 58.4 cm³/mol. The number of nitrogens with zero attached hydrogens (tertiary/aromatic N) is 1. The van der Waals surface area contributed by atoms with Gasteiger partial charge in [0.15, 0.2) is 5.75 Å². The Balaban J connectivity index is 2.67. The van der Waals surface area contributed by atoms with Crippen LogP contribution in [0, 0.1) is 0 Å². The Morgan fingerprint density at radius 3 is 2.94 bits per heavy atom. The van der Waals surface area contributed by atoms with Crippen molar-refractivity contribution in [1.82, 2.24) is 4.98 Å². The summed E-state index contributed by atoms with van der Waals surface area (Å²) >= 11 is 0. The smallest absolute Gasteiger partial charge is 0.308 e. The molecule has 80 valence electrons. The highest BCUT2D eigenvalue weighted by Crippen LogP contribution is 2.25. The number of aldehydes is 1. The summed E-state index contributed by atoms with van der Waals surface area (Å²) in [7, 11) is 0. The Labute approximate surface area is 91.9 Å². The molecule has 4 nitrogen and oxygen atoms in total. The van der Waals surface area contributed by atoms with Gasteiger partial charge in [0.2, 0.25) is 0 Å². The molecular formula is C12H9NO3. The first kappa shape index (κ1) is 10.3. The molecule has 0 N–H and O–H groups in total. The molecule has 0 bridgehead atoms. The number of hydrogen-bond acceptors (Lipinski definition) is 4. The van der Waals surface area contributed by atoms with Crippen molar-refractivity contribution in [3.8, 4) is 5.75 Å². The van der Waals surface area contributed by atoms with Crippen LogP contribution in [0.5, 0.6) is 5.75 Å². The lowest BCUT2D eigenvalue weighted by Crippen LogP contribution is -2.03. The summed E-state index contributed by atoms with van der Waals surface area (Å²) in [5, 5.41) is 0.767. The van der Waals surface area contributed by atoms with E-state index in [4.69, 9.17) is 4.74 Å². The summed E-state index contributed by atoms with van der Waals surface area (Å²) in [4.78, 5) is 25.8. The standard InChI is InChI=1S/C12H9NO3/c1-8(15)16-11-6-9(7-14)5-10-3-2-4-13-12(10)11/h2-7H,1H3. The molecule has 1 heterocycles. The molecule has 0 saturated heterocycles. The lowest BCUT2D eigenvalue weighted by atomic mass is 10.1. The van der Waals surface area contributed by atoms with Crippen LogP contribution in [0.4, 0.5) is 0 Å². The number of pyridine rings is 1. The molecule has 16 heavy (non-hydrogen) atoms. The molecule has 0 spiro atoms. The van der Waals surface area contributed by atoms with Crippen LogP contribution in [-0.4, -0.2) is 17.2 Å². The van der Waals surface area contributed by atoms with E-state index in [-0.39, 0.29) is 0 Å². The number of carbonyl (C=O) groups excluding carboxylic acids is 2. The Bertz CT molecular complexity index is 563. The van der Waals surface area contributed by atoms with Crippen molar-refractivity contribution in [2.24, 2.45) is 0 Å². The van der Waals surface area contributed by atoms with Gasteiger partial charge in [0, 0.05) is 24.1 Å². The molecule has 1 aromatic carbocycles. The Kier molecular flexibility index (Phi) is 2.64. The Hall–Kier alpha value is -2.23. The van der Waals surface area contributed by atoms with Gasteiger partial charge in [-0.2, -0.15) is 0 Å². The Morgan fingerprint density at radius 1 is 1.44 bits per heavy atom. The van der Waals surface area contributed by atoms with Crippen LogP contribution in [0.25, 0.3) is 10.9 Å². The molecule has 0 amide bonds. The molecule has 4 heteroatoms. The van der Waals surface area contributed by atoms with Crippen LogP contribution >= 0.6 is 0 Å². The van der Waals surface area contributed by atoms with Crippen molar-refractivity contribution in [1.29, 1.82) is 0 Å². The van der Waals surface area contributed by atoms with Crippen LogP contribution in [0.2, 0.25) is 0 Å². The van der Waals surface area contributed by atoms with Gasteiger partial charge < -0.3 is 4.74 Å². The van der Waals surface area contributed by atoms with E-state index in [1.807, 2.05) is 6.07 Å². The van der Waals surface area contributed by atoms with Gasteiger partial charge >= 0.3 is 5.97 Å². The fourth-order valence-corrected chi connectivity index (χ4v) is 1.48. The third kappa shape index (κ3) is 1.91. The van der Waals surface area contributed by atoms with E-state index in [0.717, 1.165) is 5.39 Å². The van der Waals surface area contributed by atoms with Crippen LogP contribution in [-0.2, 0) is 4.79 Å². The van der Waals surface area contributed by atoms with Gasteiger partial charge in [0.05, 0.1) is 0 Å². The summed E-state index contributed by atoms with van der Waals surface area (Å²) in [6.07, 6.45) is 2.31. The van der Waals surface area contributed by atoms with Gasteiger partial charge in [-0.25, -0.2) is 0 Å². The second kappa shape index (κ2) is 4.10. The highest BCUT2D eigenvalue weighted by molar-refractivity contribution is 5.92. The van der Waals surface area contributed by atoms with E-state index in [2.05, 4.69) is 4.98 Å². The van der Waals surface area contributed by atoms with E-state index in [1.165, 1.54) is 13.0 Å². The summed E-state index contributed by atoms with van der Waals surface area (Å²) < 4.78 is 5.01. The molecule has 0 aliphatic carbocycles. The zero-order chi connectivity index (χ0) is 11.5. The number of aromatic nitrogens is 1. The zero-order valence-electron chi connectivity index (χ0n) is 8.64. The monoisotopic (exact) mass is 215 g/mol. The fraction of sp³-hybridized carbons (Fsp3) is 0.0833. The molecular weight excluding hydrogens is 206 g/mol. The second-order valence-electron chi connectivity index (χ2n) is 3.31. The van der Waals surface area contributed by atoms with Crippen molar-refractivity contribution in [2.75, 3.05) is 0 Å². The fourth-order valence-electron chi connectivity index (χ4n) is 1.48. The number of rotatable bonds is 2. The number of fused-ring (bicyclic) bond motifs is 1. The topological polar surface area (TPSA) is 56.3 Å². The van der Waals surface area contributed by atoms with E-state index >= 15 is 0 Å². The highest BCUT2D eigenvalue weighted by atomic mass is 16.5. The van der Waals surface area contributed by atoms with E-state index < -0.39 is 5.97 Å². The predicted octanol–water partition coefficient (Wildman–Crippen LogP) is 1.97. The van der Waals surface area contributed by atoms with Crippen molar-refractivity contribution >= 4 is 23.2 Å². The minimum atomic E-state index is -0.435. The minimum absolute atomic E-state index is 0.313. The highest BCUT2D eigenvalue weighted by Gasteiger charge is 2.07. The van der Waals surface area contributed by atoms with Crippen LogP contribution < -0.4 is 4.74 Å². The number of hydrogen-bond donors (Lipinski definition) is 0. The minimum Gasteiger partial charge on any atom is -0.424 e. The maximum atomic E-state index is 10.9. The molecule has 0 aliphatic heterocycles. The molecule has 1 aromatic heterocycles. The van der Waals surface area contributed by atoms with Gasteiger partial charge in [-0.05, 0) is 18.2 Å². The molecule has 0 atom stereocenters. The quantitative estimate of drug-likeness (QED) is 0.436. The summed E-state index contributed by atoms with van der Waals surface area (Å²) in [6.45, 7) is 1.31. The van der Waals surface area contributed by atoms with Crippen molar-refractivity contribution in [2.45, 2.75) is 6.92 Å². The first-order chi connectivity index (χ1) is 7.70. The second-order valence-corrected chi connectivity index (χ2v) is 3.31. The summed E-state index contributed by atoms with van der Waals surface area (Å²) in [5.41, 5.74) is 1.03. The molecule has 2 aromatic rings. The van der Waals surface area contributed by atoms with Crippen LogP contribution in [0.15, 0.2) is 30.5 Å². The largest absolute Gasteiger partial charge is 0.424 e. The van der Waals surface area contributed by atoms with Gasteiger partial charge in [-0.15, -0.1) is 0 Å².